The van der Waals surface area contributed by atoms with Crippen LogP contribution >= 0.6 is 0 Å². The molecule has 2 aliphatic rings. The summed E-state index contributed by atoms with van der Waals surface area (Å²) in [5.41, 5.74) is 0.843. The molecular weight excluding hydrogens is 208 g/mol. The van der Waals surface area contributed by atoms with Crippen LogP contribution in [-0.4, -0.2) is 21.8 Å². The molecule has 0 amide bonds. The minimum absolute atomic E-state index is 0.107. The van der Waals surface area contributed by atoms with E-state index in [0.29, 0.717) is 36.8 Å². The smallest absolute Gasteiger partial charge is 0.165 e. The Morgan fingerprint density at radius 1 is 0.875 bits per heavy atom. The Morgan fingerprint density at radius 3 is 1.56 bits per heavy atom. The molecule has 0 aromatic rings. The van der Waals surface area contributed by atoms with Gasteiger partial charge in [-0.15, -0.1) is 0 Å². The highest BCUT2D eigenvalue weighted by Gasteiger charge is 2.42. The first kappa shape index (κ1) is 10.9. The van der Waals surface area contributed by atoms with Crippen molar-refractivity contribution in [3.05, 3.63) is 23.7 Å². The maximum absolute atomic E-state index is 11.9. The second kappa shape index (κ2) is 4.12. The highest BCUT2D eigenvalue weighted by molar-refractivity contribution is 6.06. The fourth-order valence-corrected chi connectivity index (χ4v) is 2.63. The monoisotopic (exact) mass is 222 g/mol. The van der Waals surface area contributed by atoms with Gasteiger partial charge in [0.25, 0.3) is 0 Å². The van der Waals surface area contributed by atoms with Crippen LogP contribution in [0.3, 0.4) is 0 Å². The normalized spacial score (nSPS) is 35.5. The molecule has 0 bridgehead atoms. The van der Waals surface area contributed by atoms with E-state index < -0.39 is 0 Å². The molecule has 0 heterocycles. The lowest BCUT2D eigenvalue weighted by molar-refractivity contribution is -0.132. The molecule has 0 saturated heterocycles. The maximum atomic E-state index is 11.9. The molecule has 0 radical (unpaired) electrons. The van der Waals surface area contributed by atoms with E-state index in [2.05, 4.69) is 0 Å². The number of Topliss-reactive ketones (excluding diaryl/α,β-unsaturated/α-hetero) is 2. The van der Waals surface area contributed by atoms with Crippen molar-refractivity contribution in [2.24, 2.45) is 11.8 Å². The highest BCUT2D eigenvalue weighted by atomic mass is 16.2. The fourth-order valence-electron chi connectivity index (χ4n) is 2.63. The van der Waals surface area contributed by atoms with Gasteiger partial charge in [0, 0.05) is 23.0 Å². The van der Waals surface area contributed by atoms with Crippen molar-refractivity contribution in [1.82, 2.24) is 0 Å². The van der Waals surface area contributed by atoms with E-state index in [1.165, 1.54) is 0 Å². The average molecular weight is 222 g/mol. The van der Waals surface area contributed by atoms with Gasteiger partial charge in [-0.2, -0.15) is 0 Å². The Bertz CT molecular complexity index is 354. The van der Waals surface area contributed by atoms with E-state index in [0.717, 1.165) is 12.5 Å². The largest absolute Gasteiger partial charge is 0.515 e. The standard InChI is InChI=1S/C12H14O4/c13-5-7-1-3-9-10(11(7)15)4-2-8(6-14)12(9)16/h5-6,9-10,13-14H,1-4H2. The van der Waals surface area contributed by atoms with Crippen LogP contribution in [0, 0.1) is 11.8 Å². The predicted molar refractivity (Wildman–Crippen MR) is 56.9 cm³/mol. The first-order valence-electron chi connectivity index (χ1n) is 5.44. The van der Waals surface area contributed by atoms with Crippen LogP contribution in [0.25, 0.3) is 0 Å². The zero-order valence-electron chi connectivity index (χ0n) is 8.85. The molecule has 2 saturated carbocycles. The molecule has 0 aromatic carbocycles. The number of rotatable bonds is 0. The molecule has 0 aliphatic heterocycles. The zero-order valence-corrected chi connectivity index (χ0v) is 8.85. The molecular formula is C12H14O4. The summed E-state index contributed by atoms with van der Waals surface area (Å²) in [6.07, 6.45) is 3.78. The molecule has 2 unspecified atom stereocenters. The van der Waals surface area contributed by atoms with Gasteiger partial charge in [0.2, 0.25) is 0 Å². The Labute approximate surface area is 93.3 Å². The van der Waals surface area contributed by atoms with E-state index in [9.17, 15) is 9.59 Å². The van der Waals surface area contributed by atoms with Gasteiger partial charge in [-0.05, 0) is 25.7 Å². The highest BCUT2D eigenvalue weighted by Crippen LogP contribution is 2.40. The van der Waals surface area contributed by atoms with Crippen molar-refractivity contribution in [2.75, 3.05) is 0 Å². The molecule has 4 heteroatoms. The number of fused-ring (bicyclic) bond motifs is 1. The van der Waals surface area contributed by atoms with Gasteiger partial charge in [0.05, 0.1) is 12.5 Å². The first-order chi connectivity index (χ1) is 7.69. The summed E-state index contributed by atoms with van der Waals surface area (Å²) >= 11 is 0. The maximum Gasteiger partial charge on any atom is 0.165 e. The molecule has 86 valence electrons. The summed E-state index contributed by atoms with van der Waals surface area (Å²) in [5, 5.41) is 17.8. The average Bonchev–Trinajstić information content (AvgIpc) is 2.31. The lowest BCUT2D eigenvalue weighted by Crippen LogP contribution is -2.39. The molecule has 2 N–H and O–H groups in total. The van der Waals surface area contributed by atoms with Gasteiger partial charge < -0.3 is 10.2 Å². The second-order valence-electron chi connectivity index (χ2n) is 4.33. The summed E-state index contributed by atoms with van der Waals surface area (Å²) in [5.74, 6) is -0.820. The number of carbonyl (C=O) groups is 2. The van der Waals surface area contributed by atoms with Crippen LogP contribution in [0.5, 0.6) is 0 Å². The van der Waals surface area contributed by atoms with Crippen LogP contribution in [0.15, 0.2) is 23.7 Å². The summed E-state index contributed by atoms with van der Waals surface area (Å²) in [6, 6.07) is 0. The van der Waals surface area contributed by atoms with E-state index >= 15 is 0 Å². The van der Waals surface area contributed by atoms with Crippen LogP contribution in [0.4, 0.5) is 0 Å². The van der Waals surface area contributed by atoms with Crippen molar-refractivity contribution in [1.29, 1.82) is 0 Å². The molecule has 2 atom stereocenters. The lowest BCUT2D eigenvalue weighted by Gasteiger charge is -2.34. The third-order valence-electron chi connectivity index (χ3n) is 3.55. The summed E-state index contributed by atoms with van der Waals surface area (Å²) in [4.78, 5) is 23.7. The Balaban J connectivity index is 2.26. The summed E-state index contributed by atoms with van der Waals surface area (Å²) < 4.78 is 0. The number of carbonyl (C=O) groups excluding carboxylic acids is 2. The van der Waals surface area contributed by atoms with Gasteiger partial charge in [-0.3, -0.25) is 9.59 Å². The number of aliphatic hydroxyl groups is 2. The van der Waals surface area contributed by atoms with Crippen LogP contribution in [-0.2, 0) is 9.59 Å². The number of ketones is 2. The number of hydrogen-bond acceptors (Lipinski definition) is 4. The zero-order chi connectivity index (χ0) is 11.7. The van der Waals surface area contributed by atoms with Crippen LogP contribution in [0.1, 0.15) is 25.7 Å². The van der Waals surface area contributed by atoms with Gasteiger partial charge in [0.15, 0.2) is 11.6 Å². The van der Waals surface area contributed by atoms with Gasteiger partial charge in [-0.1, -0.05) is 0 Å². The van der Waals surface area contributed by atoms with Crippen LogP contribution < -0.4 is 0 Å². The van der Waals surface area contributed by atoms with E-state index in [4.69, 9.17) is 10.2 Å². The molecule has 0 aromatic heterocycles. The Kier molecular flexibility index (Phi) is 2.81. The molecule has 2 fully saturated rings. The van der Waals surface area contributed by atoms with Crippen molar-refractivity contribution in [3.8, 4) is 0 Å². The van der Waals surface area contributed by atoms with Gasteiger partial charge in [0.1, 0.15) is 0 Å². The van der Waals surface area contributed by atoms with Crippen LogP contribution in [0.2, 0.25) is 0 Å². The van der Waals surface area contributed by atoms with Crippen molar-refractivity contribution in [3.63, 3.8) is 0 Å². The molecule has 2 rings (SSSR count). The molecule has 4 nitrogen and oxygen atoms in total. The predicted octanol–water partition coefficient (Wildman–Crippen LogP) is 1.83. The second-order valence-corrected chi connectivity index (χ2v) is 4.33. The summed E-state index contributed by atoms with van der Waals surface area (Å²) in [7, 11) is 0. The van der Waals surface area contributed by atoms with E-state index in [-0.39, 0.29) is 23.4 Å². The topological polar surface area (TPSA) is 74.6 Å². The molecule has 2 aliphatic carbocycles. The minimum atomic E-state index is -0.302. The third-order valence-corrected chi connectivity index (χ3v) is 3.55. The SMILES string of the molecule is O=C1C(=CO)CCC2C(=O)C(=CO)CCC12. The molecule has 16 heavy (non-hydrogen) atoms. The third kappa shape index (κ3) is 1.54. The van der Waals surface area contributed by atoms with E-state index in [1.807, 2.05) is 0 Å². The lowest BCUT2D eigenvalue weighted by atomic mass is 9.67. The van der Waals surface area contributed by atoms with E-state index in [1.54, 1.807) is 0 Å². The quantitative estimate of drug-likeness (QED) is 0.484. The van der Waals surface area contributed by atoms with Crippen molar-refractivity contribution < 1.29 is 19.8 Å². The minimum Gasteiger partial charge on any atom is -0.515 e. The fraction of sp³-hybridized carbons (Fsp3) is 0.500. The Morgan fingerprint density at radius 2 is 1.25 bits per heavy atom. The Hall–Kier alpha value is -1.58. The number of aliphatic hydroxyl groups excluding tert-OH is 2. The number of allylic oxidation sites excluding steroid dienone is 2. The van der Waals surface area contributed by atoms with Crippen molar-refractivity contribution in [2.45, 2.75) is 25.7 Å². The number of hydrogen-bond donors (Lipinski definition) is 2. The summed E-state index contributed by atoms with van der Waals surface area (Å²) in [6.45, 7) is 0. The molecule has 0 spiro atoms. The van der Waals surface area contributed by atoms with Crippen molar-refractivity contribution >= 4 is 11.6 Å². The first-order valence-corrected chi connectivity index (χ1v) is 5.44. The van der Waals surface area contributed by atoms with Gasteiger partial charge in [-0.25, -0.2) is 0 Å². The van der Waals surface area contributed by atoms with Gasteiger partial charge >= 0.3 is 0 Å².